The van der Waals surface area contributed by atoms with E-state index in [4.69, 9.17) is 4.74 Å². The van der Waals surface area contributed by atoms with Crippen molar-refractivity contribution in [1.29, 1.82) is 0 Å². The molecule has 2 N–H and O–H groups in total. The molecule has 1 fully saturated rings. The topological polar surface area (TPSA) is 58.6 Å². The Morgan fingerprint density at radius 3 is 2.36 bits per heavy atom. The molecule has 28 heavy (non-hydrogen) atoms. The molecule has 1 aliphatic rings. The van der Waals surface area contributed by atoms with Crippen LogP contribution in [0.3, 0.4) is 0 Å². The fourth-order valence-electron chi connectivity index (χ4n) is 3.89. The molecule has 3 aromatic rings. The van der Waals surface area contributed by atoms with Crippen LogP contribution in [0.2, 0.25) is 0 Å². The molecule has 4 rings (SSSR count). The van der Waals surface area contributed by atoms with E-state index in [1.165, 1.54) is 12.1 Å². The molecule has 1 amide bonds. The predicted molar refractivity (Wildman–Crippen MR) is 106 cm³/mol. The molecule has 144 valence electrons. The van der Waals surface area contributed by atoms with Crippen LogP contribution in [0, 0.1) is 5.82 Å². The van der Waals surface area contributed by atoms with Crippen molar-refractivity contribution in [2.75, 3.05) is 19.8 Å². The minimum atomic E-state index is -0.323. The summed E-state index contributed by atoms with van der Waals surface area (Å²) < 4.78 is 18.9. The van der Waals surface area contributed by atoms with Crippen LogP contribution in [0.15, 0.2) is 60.7 Å². The number of aromatic hydroxyl groups is 1. The lowest BCUT2D eigenvalue weighted by atomic mass is 9.74. The molecule has 0 radical (unpaired) electrons. The molecule has 0 bridgehead atoms. The number of hydrogen-bond acceptors (Lipinski definition) is 3. The minimum Gasteiger partial charge on any atom is -0.507 e. The van der Waals surface area contributed by atoms with Gasteiger partial charge >= 0.3 is 0 Å². The van der Waals surface area contributed by atoms with Gasteiger partial charge < -0.3 is 15.2 Å². The van der Waals surface area contributed by atoms with Crippen molar-refractivity contribution in [2.45, 2.75) is 18.3 Å². The maximum atomic E-state index is 13.4. The van der Waals surface area contributed by atoms with Crippen molar-refractivity contribution >= 4 is 16.7 Å². The molecule has 1 heterocycles. The molecule has 0 aromatic heterocycles. The second-order valence-electron chi connectivity index (χ2n) is 7.30. The average molecular weight is 379 g/mol. The summed E-state index contributed by atoms with van der Waals surface area (Å²) in [6.07, 6.45) is 1.48. The first-order valence-corrected chi connectivity index (χ1v) is 9.41. The highest BCUT2D eigenvalue weighted by Gasteiger charge is 2.35. The molecule has 1 aliphatic heterocycles. The third-order valence-electron chi connectivity index (χ3n) is 5.60. The third kappa shape index (κ3) is 3.58. The molecule has 1 saturated heterocycles. The SMILES string of the molecule is O=C(NCC1(c2ccc(F)cc2)CCOCC1)c1cc2ccccc2cc1O. The highest BCUT2D eigenvalue weighted by molar-refractivity contribution is 6.01. The summed E-state index contributed by atoms with van der Waals surface area (Å²) in [4.78, 5) is 12.8. The lowest BCUT2D eigenvalue weighted by Gasteiger charge is -2.38. The number of ether oxygens (including phenoxy) is 1. The van der Waals surface area contributed by atoms with Crippen LogP contribution in [-0.2, 0) is 10.2 Å². The fraction of sp³-hybridized carbons (Fsp3) is 0.261. The first-order valence-electron chi connectivity index (χ1n) is 9.41. The van der Waals surface area contributed by atoms with Gasteiger partial charge in [-0.2, -0.15) is 0 Å². The van der Waals surface area contributed by atoms with Gasteiger partial charge in [0, 0.05) is 25.2 Å². The maximum Gasteiger partial charge on any atom is 0.255 e. The largest absolute Gasteiger partial charge is 0.507 e. The third-order valence-corrected chi connectivity index (χ3v) is 5.60. The number of halogens is 1. The molecule has 5 heteroatoms. The Labute approximate surface area is 163 Å². The first-order chi connectivity index (χ1) is 13.6. The second-order valence-corrected chi connectivity index (χ2v) is 7.30. The van der Waals surface area contributed by atoms with Crippen molar-refractivity contribution in [2.24, 2.45) is 0 Å². The van der Waals surface area contributed by atoms with Gasteiger partial charge in [0.25, 0.3) is 5.91 Å². The van der Waals surface area contributed by atoms with Gasteiger partial charge in [0.05, 0.1) is 5.56 Å². The molecular weight excluding hydrogens is 357 g/mol. The number of nitrogens with one attached hydrogen (secondary N) is 1. The number of benzene rings is 3. The quantitative estimate of drug-likeness (QED) is 0.716. The Hall–Kier alpha value is -2.92. The van der Waals surface area contributed by atoms with E-state index in [0.29, 0.717) is 19.8 Å². The summed E-state index contributed by atoms with van der Waals surface area (Å²) in [7, 11) is 0. The van der Waals surface area contributed by atoms with Crippen LogP contribution in [0.5, 0.6) is 5.75 Å². The Morgan fingerprint density at radius 1 is 1.04 bits per heavy atom. The zero-order chi connectivity index (χ0) is 19.6. The number of phenolic OH excluding ortho intramolecular Hbond substituents is 1. The molecule has 0 saturated carbocycles. The number of carbonyl (C=O) groups is 1. The number of carbonyl (C=O) groups excluding carboxylic acids is 1. The van der Waals surface area contributed by atoms with E-state index in [1.54, 1.807) is 24.3 Å². The van der Waals surface area contributed by atoms with Gasteiger partial charge in [-0.3, -0.25) is 4.79 Å². The average Bonchev–Trinajstić information content (AvgIpc) is 2.72. The molecule has 0 atom stereocenters. The Kier molecular flexibility index (Phi) is 5.01. The smallest absolute Gasteiger partial charge is 0.255 e. The molecular formula is C23H22FNO3. The highest BCUT2D eigenvalue weighted by atomic mass is 19.1. The molecule has 4 nitrogen and oxygen atoms in total. The summed E-state index contributed by atoms with van der Waals surface area (Å²) in [6, 6.07) is 17.3. The summed E-state index contributed by atoms with van der Waals surface area (Å²) in [5.74, 6) is -0.647. The predicted octanol–water partition coefficient (Wildman–Crippen LogP) is 4.16. The lowest BCUT2D eigenvalue weighted by molar-refractivity contribution is 0.0486. The van der Waals surface area contributed by atoms with Crippen LogP contribution in [0.1, 0.15) is 28.8 Å². The van der Waals surface area contributed by atoms with E-state index in [0.717, 1.165) is 29.2 Å². The summed E-state index contributed by atoms with van der Waals surface area (Å²) in [6.45, 7) is 1.58. The number of amides is 1. The van der Waals surface area contributed by atoms with E-state index < -0.39 is 0 Å². The summed E-state index contributed by atoms with van der Waals surface area (Å²) in [5, 5.41) is 15.1. The van der Waals surface area contributed by atoms with Crippen LogP contribution < -0.4 is 5.32 Å². The summed E-state index contributed by atoms with van der Waals surface area (Å²) in [5.41, 5.74) is 0.925. The summed E-state index contributed by atoms with van der Waals surface area (Å²) >= 11 is 0. The van der Waals surface area contributed by atoms with Crippen LogP contribution >= 0.6 is 0 Å². The van der Waals surface area contributed by atoms with Gasteiger partial charge in [-0.15, -0.1) is 0 Å². The normalized spacial score (nSPS) is 16.0. The van der Waals surface area contributed by atoms with Crippen LogP contribution in [-0.4, -0.2) is 30.8 Å². The van der Waals surface area contributed by atoms with Crippen molar-refractivity contribution in [3.63, 3.8) is 0 Å². The Morgan fingerprint density at radius 2 is 1.68 bits per heavy atom. The van der Waals surface area contributed by atoms with Gasteiger partial charge in [0.1, 0.15) is 11.6 Å². The first kappa shape index (κ1) is 18.4. The van der Waals surface area contributed by atoms with Gasteiger partial charge in [0.15, 0.2) is 0 Å². The minimum absolute atomic E-state index is 0.0426. The Balaban J connectivity index is 1.58. The zero-order valence-electron chi connectivity index (χ0n) is 15.5. The molecule has 0 unspecified atom stereocenters. The van der Waals surface area contributed by atoms with Crippen molar-refractivity contribution in [3.05, 3.63) is 77.6 Å². The lowest BCUT2D eigenvalue weighted by Crippen LogP contribution is -2.44. The Bertz CT molecular complexity index is 994. The van der Waals surface area contributed by atoms with Crippen molar-refractivity contribution < 1.29 is 19.0 Å². The van der Waals surface area contributed by atoms with E-state index in [9.17, 15) is 14.3 Å². The zero-order valence-corrected chi connectivity index (χ0v) is 15.5. The van der Waals surface area contributed by atoms with E-state index in [2.05, 4.69) is 5.32 Å². The molecule has 3 aromatic carbocycles. The van der Waals surface area contributed by atoms with E-state index >= 15 is 0 Å². The van der Waals surface area contributed by atoms with Crippen LogP contribution in [0.4, 0.5) is 4.39 Å². The number of fused-ring (bicyclic) bond motifs is 1. The second kappa shape index (κ2) is 7.60. The van der Waals surface area contributed by atoms with E-state index in [1.807, 2.05) is 24.3 Å². The van der Waals surface area contributed by atoms with Gasteiger partial charge in [-0.1, -0.05) is 36.4 Å². The number of hydrogen-bond donors (Lipinski definition) is 2. The number of phenols is 1. The fourth-order valence-corrected chi connectivity index (χ4v) is 3.89. The maximum absolute atomic E-state index is 13.4. The molecule has 0 spiro atoms. The van der Waals surface area contributed by atoms with Gasteiger partial charge in [-0.25, -0.2) is 4.39 Å². The standard InChI is InChI=1S/C23H22FNO3/c24-19-7-5-18(6-8-19)23(9-11-28-12-10-23)15-25-22(27)20-13-16-3-1-2-4-17(16)14-21(20)26/h1-8,13-14,26H,9-12,15H2,(H,25,27). The van der Waals surface area contributed by atoms with Crippen molar-refractivity contribution in [3.8, 4) is 5.75 Å². The van der Waals surface area contributed by atoms with E-state index in [-0.39, 0.29) is 28.5 Å². The molecule has 0 aliphatic carbocycles. The number of rotatable bonds is 4. The van der Waals surface area contributed by atoms with Crippen LogP contribution in [0.25, 0.3) is 10.8 Å². The van der Waals surface area contributed by atoms with Gasteiger partial charge in [0.2, 0.25) is 0 Å². The van der Waals surface area contributed by atoms with Crippen molar-refractivity contribution in [1.82, 2.24) is 5.32 Å². The van der Waals surface area contributed by atoms with Gasteiger partial charge in [-0.05, 0) is 53.4 Å². The highest BCUT2D eigenvalue weighted by Crippen LogP contribution is 2.35. The monoisotopic (exact) mass is 379 g/mol.